The van der Waals surface area contributed by atoms with Gasteiger partial charge in [0, 0.05) is 54.4 Å². The Balaban J connectivity index is 0.000000376. The van der Waals surface area contributed by atoms with Crippen LogP contribution in [0, 0.1) is 0 Å². The summed E-state index contributed by atoms with van der Waals surface area (Å²) < 4.78 is 68.8. The number of benzene rings is 2. The zero-order valence-corrected chi connectivity index (χ0v) is 25.3. The summed E-state index contributed by atoms with van der Waals surface area (Å²) in [5, 5.41) is 28.8. The van der Waals surface area contributed by atoms with Gasteiger partial charge in [0.2, 0.25) is 0 Å². The van der Waals surface area contributed by atoms with E-state index >= 15 is 0 Å². The maximum Gasteiger partial charge on any atom is 0.490 e. The summed E-state index contributed by atoms with van der Waals surface area (Å²) in [7, 11) is 1.64. The Bertz CT molecular complexity index is 1640. The van der Waals surface area contributed by atoms with Gasteiger partial charge in [0.1, 0.15) is 11.4 Å². The second kappa shape index (κ2) is 16.6. The van der Waals surface area contributed by atoms with Crippen molar-refractivity contribution in [1.82, 2.24) is 30.7 Å². The minimum absolute atomic E-state index is 0.105. The molecule has 4 aromatic rings. The van der Waals surface area contributed by atoms with Crippen LogP contribution in [0.1, 0.15) is 28.0 Å². The molecule has 5 rings (SSSR count). The number of amides is 1. The van der Waals surface area contributed by atoms with E-state index in [9.17, 15) is 31.1 Å². The van der Waals surface area contributed by atoms with Crippen molar-refractivity contribution < 1.29 is 55.7 Å². The van der Waals surface area contributed by atoms with Crippen LogP contribution >= 0.6 is 0 Å². The fourth-order valence-electron chi connectivity index (χ4n) is 4.54. The highest BCUT2D eigenvalue weighted by Crippen LogP contribution is 2.29. The van der Waals surface area contributed by atoms with Gasteiger partial charge in [0.15, 0.2) is 0 Å². The minimum atomic E-state index is -5.08. The molecule has 18 heteroatoms. The maximum atomic E-state index is 13.4. The Hall–Kier alpha value is -5.10. The molecule has 0 aliphatic carbocycles. The number of hydrogen-bond donors (Lipinski definition) is 6. The molecule has 1 fully saturated rings. The molecule has 0 spiro atoms. The molecule has 48 heavy (non-hydrogen) atoms. The lowest BCUT2D eigenvalue weighted by atomic mass is 10.0. The number of carboxylic acid groups (broad SMARTS) is 2. The van der Waals surface area contributed by atoms with E-state index in [1.54, 1.807) is 13.3 Å². The molecule has 12 nitrogen and oxygen atoms in total. The molecule has 0 atom stereocenters. The first-order valence-corrected chi connectivity index (χ1v) is 14.2. The summed E-state index contributed by atoms with van der Waals surface area (Å²) in [5.74, 6) is -4.84. The van der Waals surface area contributed by atoms with Gasteiger partial charge >= 0.3 is 24.3 Å². The SMILES string of the molecule is COc1cccc(CNC(=O)c2[nH]c3cc(-c4cn[nH]c4)ccc3c2CN2CCCNCC2)c1.O=C(O)C(F)(F)F.O=C(O)C(F)(F)F. The fraction of sp³-hybridized carbons (Fsp3) is 0.333. The summed E-state index contributed by atoms with van der Waals surface area (Å²) in [6.07, 6.45) is -5.39. The van der Waals surface area contributed by atoms with E-state index in [0.717, 1.165) is 78.1 Å². The van der Waals surface area contributed by atoms with Crippen molar-refractivity contribution in [2.75, 3.05) is 33.3 Å². The van der Waals surface area contributed by atoms with Crippen LogP contribution in [0.2, 0.25) is 0 Å². The third-order valence-electron chi connectivity index (χ3n) is 6.85. The summed E-state index contributed by atoms with van der Waals surface area (Å²) in [4.78, 5) is 37.0. The average Bonchev–Trinajstić information content (AvgIpc) is 3.62. The first-order valence-electron chi connectivity index (χ1n) is 14.2. The molecule has 1 amide bonds. The van der Waals surface area contributed by atoms with Crippen molar-refractivity contribution in [3.05, 3.63) is 71.7 Å². The lowest BCUT2D eigenvalue weighted by Crippen LogP contribution is -2.29. The number of halogens is 6. The quantitative estimate of drug-likeness (QED) is 0.153. The largest absolute Gasteiger partial charge is 0.497 e. The second-order valence-corrected chi connectivity index (χ2v) is 10.2. The summed E-state index contributed by atoms with van der Waals surface area (Å²) in [6, 6.07) is 14.0. The number of carbonyl (C=O) groups is 3. The number of ether oxygens (including phenoxy) is 1. The van der Waals surface area contributed by atoms with E-state index in [2.05, 4.69) is 48.9 Å². The van der Waals surface area contributed by atoms with Crippen LogP contribution < -0.4 is 15.4 Å². The van der Waals surface area contributed by atoms with Crippen LogP contribution in [0.5, 0.6) is 5.75 Å². The average molecular weight is 687 g/mol. The standard InChI is InChI=1S/C26H30N6O2.2C2HF3O2/c1-34-21-5-2-4-18(12-21)14-28-26(33)25-23(17-32-10-3-8-27-9-11-32)22-7-6-19(13-24(22)31-25)20-15-29-30-16-20;2*3-2(4,5)1(6)7/h2,4-7,12-13,15-16,27,31H,3,8-11,14,17H2,1H3,(H,28,33)(H,29,30);2*(H,6,7). The van der Waals surface area contributed by atoms with Crippen molar-refractivity contribution >= 4 is 28.7 Å². The van der Waals surface area contributed by atoms with Gasteiger partial charge in [-0.2, -0.15) is 31.4 Å². The van der Waals surface area contributed by atoms with Crippen molar-refractivity contribution in [2.45, 2.75) is 31.9 Å². The Labute approximate surface area is 269 Å². The number of aromatic amines is 2. The number of H-pyrrole nitrogens is 2. The Morgan fingerprint density at radius 3 is 2.25 bits per heavy atom. The number of aromatic nitrogens is 3. The zero-order valence-electron chi connectivity index (χ0n) is 25.3. The number of fused-ring (bicyclic) bond motifs is 1. The first-order chi connectivity index (χ1) is 22.6. The van der Waals surface area contributed by atoms with Crippen LogP contribution in [-0.2, 0) is 22.7 Å². The summed E-state index contributed by atoms with van der Waals surface area (Å²) in [5.41, 5.74) is 5.68. The van der Waals surface area contributed by atoms with Gasteiger partial charge in [-0.3, -0.25) is 14.8 Å². The van der Waals surface area contributed by atoms with Crippen molar-refractivity contribution in [3.8, 4) is 16.9 Å². The van der Waals surface area contributed by atoms with Gasteiger partial charge in [0.25, 0.3) is 5.91 Å². The van der Waals surface area contributed by atoms with Gasteiger partial charge in [-0.15, -0.1) is 0 Å². The maximum absolute atomic E-state index is 13.4. The molecule has 2 aromatic heterocycles. The number of nitrogens with one attached hydrogen (secondary N) is 4. The molecule has 3 heterocycles. The number of methoxy groups -OCH3 is 1. The van der Waals surface area contributed by atoms with E-state index in [1.807, 2.05) is 30.5 Å². The molecular weight excluding hydrogens is 654 g/mol. The van der Waals surface area contributed by atoms with Crippen LogP contribution in [-0.4, -0.2) is 93.8 Å². The molecule has 0 bridgehead atoms. The van der Waals surface area contributed by atoms with Crippen molar-refractivity contribution in [1.29, 1.82) is 0 Å². The summed E-state index contributed by atoms with van der Waals surface area (Å²) >= 11 is 0. The van der Waals surface area contributed by atoms with Crippen LogP contribution in [0.25, 0.3) is 22.0 Å². The Morgan fingerprint density at radius 2 is 1.65 bits per heavy atom. The number of alkyl halides is 6. The van der Waals surface area contributed by atoms with E-state index in [0.29, 0.717) is 12.2 Å². The van der Waals surface area contributed by atoms with Crippen molar-refractivity contribution in [3.63, 3.8) is 0 Å². The van der Waals surface area contributed by atoms with Gasteiger partial charge in [-0.25, -0.2) is 9.59 Å². The zero-order chi connectivity index (χ0) is 35.5. The monoisotopic (exact) mass is 686 g/mol. The lowest BCUT2D eigenvalue weighted by Gasteiger charge is -2.20. The smallest absolute Gasteiger partial charge is 0.490 e. The highest BCUT2D eigenvalue weighted by molar-refractivity contribution is 6.01. The normalized spacial score (nSPS) is 13.7. The number of carboxylic acids is 2. The van der Waals surface area contributed by atoms with Gasteiger partial charge < -0.3 is 30.6 Å². The van der Waals surface area contributed by atoms with E-state index in [1.165, 1.54) is 0 Å². The highest BCUT2D eigenvalue weighted by Gasteiger charge is 2.38. The topological polar surface area (TPSA) is 173 Å². The van der Waals surface area contributed by atoms with E-state index in [4.69, 9.17) is 24.5 Å². The molecule has 2 aromatic carbocycles. The van der Waals surface area contributed by atoms with E-state index in [-0.39, 0.29) is 5.91 Å². The molecular formula is C30H32F6N6O6. The van der Waals surface area contributed by atoms with Gasteiger partial charge in [0.05, 0.1) is 13.3 Å². The highest BCUT2D eigenvalue weighted by atomic mass is 19.4. The predicted octanol–water partition coefficient (Wildman–Crippen LogP) is 4.56. The lowest BCUT2D eigenvalue weighted by molar-refractivity contribution is -0.193. The minimum Gasteiger partial charge on any atom is -0.497 e. The fourth-order valence-corrected chi connectivity index (χ4v) is 4.54. The molecule has 1 aliphatic rings. The summed E-state index contributed by atoms with van der Waals surface area (Å²) in [6.45, 7) is 5.13. The van der Waals surface area contributed by atoms with Gasteiger partial charge in [-0.1, -0.05) is 24.3 Å². The molecule has 0 radical (unpaired) electrons. The van der Waals surface area contributed by atoms with Gasteiger partial charge in [-0.05, 0) is 48.8 Å². The number of hydrogen-bond acceptors (Lipinski definition) is 7. The molecule has 1 aliphatic heterocycles. The Kier molecular flexibility index (Phi) is 13.0. The number of rotatable bonds is 7. The molecule has 0 saturated carbocycles. The molecule has 260 valence electrons. The molecule has 1 saturated heterocycles. The van der Waals surface area contributed by atoms with Crippen LogP contribution in [0.3, 0.4) is 0 Å². The van der Waals surface area contributed by atoms with Crippen LogP contribution in [0.15, 0.2) is 54.9 Å². The third-order valence-corrected chi connectivity index (χ3v) is 6.85. The number of aliphatic carboxylic acids is 2. The third kappa shape index (κ3) is 11.0. The number of carbonyl (C=O) groups excluding carboxylic acids is 1. The predicted molar refractivity (Wildman–Crippen MR) is 160 cm³/mol. The van der Waals surface area contributed by atoms with E-state index < -0.39 is 24.3 Å². The van der Waals surface area contributed by atoms with Crippen molar-refractivity contribution in [2.24, 2.45) is 0 Å². The molecule has 0 unspecified atom stereocenters. The second-order valence-electron chi connectivity index (χ2n) is 10.2. The number of nitrogens with zero attached hydrogens (tertiary/aromatic N) is 2. The Morgan fingerprint density at radius 1 is 0.958 bits per heavy atom. The first kappa shape index (κ1) is 37.4. The van der Waals surface area contributed by atoms with Crippen LogP contribution in [0.4, 0.5) is 26.3 Å². The molecule has 6 N–H and O–H groups in total.